The minimum atomic E-state index is -0.994. The molecule has 0 aliphatic carbocycles. The maximum absolute atomic E-state index is 12.6. The Morgan fingerprint density at radius 3 is 2.25 bits per heavy atom. The van der Waals surface area contributed by atoms with E-state index in [-0.39, 0.29) is 27.2 Å². The first-order valence-electron chi connectivity index (χ1n) is 6.73. The molecule has 0 radical (unpaired) electrons. The number of rotatable bonds is 2. The number of hydrogen-bond acceptors (Lipinski definition) is 5. The van der Waals surface area contributed by atoms with Crippen molar-refractivity contribution in [2.24, 2.45) is 0 Å². The van der Waals surface area contributed by atoms with Crippen LogP contribution in [-0.2, 0) is 9.53 Å². The van der Waals surface area contributed by atoms with E-state index < -0.39 is 18.1 Å². The number of likely N-dealkylation sites (N-methyl/N-ethyl adjacent to an activating group) is 1. The summed E-state index contributed by atoms with van der Waals surface area (Å²) in [7, 11) is 2.62. The van der Waals surface area contributed by atoms with Gasteiger partial charge >= 0.3 is 12.2 Å². The summed E-state index contributed by atoms with van der Waals surface area (Å²) in [6.07, 6.45) is -0.994. The lowest BCUT2D eigenvalue weighted by atomic mass is 10.2. The van der Waals surface area contributed by atoms with Crippen LogP contribution < -0.4 is 9.64 Å². The number of methoxy groups -OCH3 is 1. The van der Waals surface area contributed by atoms with Crippen molar-refractivity contribution in [3.05, 3.63) is 33.4 Å². The van der Waals surface area contributed by atoms with E-state index in [2.05, 4.69) is 4.74 Å². The fraction of sp³-hybridized carbons (Fsp3) is 0.267. The molecule has 1 aromatic carbocycles. The van der Waals surface area contributed by atoms with Gasteiger partial charge in [0.05, 0.1) is 22.8 Å². The molecule has 1 aromatic rings. The monoisotopic (exact) mass is 372 g/mol. The van der Waals surface area contributed by atoms with Crippen LogP contribution in [0.4, 0.5) is 15.3 Å². The number of hydrogen-bond donors (Lipinski definition) is 0. The first kappa shape index (κ1) is 18.1. The van der Waals surface area contributed by atoms with Gasteiger partial charge in [-0.05, 0) is 25.5 Å². The molecule has 1 aliphatic heterocycles. The molecular weight excluding hydrogens is 359 g/mol. The van der Waals surface area contributed by atoms with Gasteiger partial charge in [0, 0.05) is 13.1 Å². The third kappa shape index (κ3) is 3.05. The summed E-state index contributed by atoms with van der Waals surface area (Å²) < 4.78 is 9.29. The highest BCUT2D eigenvalue weighted by Crippen LogP contribution is 2.39. The van der Waals surface area contributed by atoms with E-state index in [9.17, 15) is 14.4 Å². The second kappa shape index (κ2) is 6.70. The summed E-state index contributed by atoms with van der Waals surface area (Å²) >= 11 is 12.1. The number of amides is 3. The lowest BCUT2D eigenvalue weighted by molar-refractivity contribution is -0.114. The molecule has 1 saturated heterocycles. The molecule has 0 unspecified atom stereocenters. The summed E-state index contributed by atoms with van der Waals surface area (Å²) in [4.78, 5) is 38.4. The molecule has 128 valence electrons. The van der Waals surface area contributed by atoms with Gasteiger partial charge < -0.3 is 9.47 Å². The lowest BCUT2D eigenvalue weighted by Crippen LogP contribution is -2.31. The second-order valence-corrected chi connectivity index (χ2v) is 5.94. The number of urea groups is 1. The SMILES string of the molecule is COC(=O)Oc1cc(N2C(=O)C(=C(C)C)N(C)C2=O)c(Cl)cc1Cl. The molecule has 1 heterocycles. The first-order chi connectivity index (χ1) is 11.2. The number of ether oxygens (including phenoxy) is 2. The number of nitrogens with zero attached hydrogens (tertiary/aromatic N) is 2. The van der Waals surface area contributed by atoms with E-state index in [4.69, 9.17) is 27.9 Å². The Morgan fingerprint density at radius 2 is 1.75 bits per heavy atom. The van der Waals surface area contributed by atoms with Crippen molar-refractivity contribution in [1.29, 1.82) is 0 Å². The van der Waals surface area contributed by atoms with E-state index in [0.717, 1.165) is 12.0 Å². The number of imide groups is 1. The van der Waals surface area contributed by atoms with Crippen molar-refractivity contribution < 1.29 is 23.9 Å². The van der Waals surface area contributed by atoms with Crippen LogP contribution >= 0.6 is 23.2 Å². The minimum absolute atomic E-state index is 0.0315. The van der Waals surface area contributed by atoms with Crippen molar-refractivity contribution in [2.45, 2.75) is 13.8 Å². The van der Waals surface area contributed by atoms with E-state index >= 15 is 0 Å². The lowest BCUT2D eigenvalue weighted by Gasteiger charge is -2.16. The Bertz CT molecular complexity index is 771. The van der Waals surface area contributed by atoms with Crippen LogP contribution in [-0.4, -0.2) is 37.2 Å². The fourth-order valence-electron chi connectivity index (χ4n) is 2.24. The molecule has 2 rings (SSSR count). The molecule has 1 fully saturated rings. The van der Waals surface area contributed by atoms with E-state index in [1.807, 2.05) is 0 Å². The number of carbonyl (C=O) groups is 3. The summed E-state index contributed by atoms with van der Waals surface area (Å²) in [5.41, 5.74) is 0.981. The third-order valence-electron chi connectivity index (χ3n) is 3.30. The Balaban J connectivity index is 2.54. The molecular formula is C15H14Cl2N2O5. The van der Waals surface area contributed by atoms with Crippen molar-refractivity contribution in [3.63, 3.8) is 0 Å². The van der Waals surface area contributed by atoms with Crippen molar-refractivity contribution in [3.8, 4) is 5.75 Å². The quantitative estimate of drug-likeness (QED) is 0.341. The fourth-order valence-corrected chi connectivity index (χ4v) is 2.75. The molecule has 0 bridgehead atoms. The Hall–Kier alpha value is -2.25. The van der Waals surface area contributed by atoms with Crippen LogP contribution in [0.25, 0.3) is 0 Å². The second-order valence-electron chi connectivity index (χ2n) is 5.12. The number of benzene rings is 1. The van der Waals surface area contributed by atoms with Gasteiger partial charge in [-0.2, -0.15) is 0 Å². The summed E-state index contributed by atoms with van der Waals surface area (Å²) in [5.74, 6) is -0.618. The molecule has 0 saturated carbocycles. The van der Waals surface area contributed by atoms with Crippen molar-refractivity contribution >= 4 is 47.0 Å². The molecule has 3 amide bonds. The Kier molecular flexibility index (Phi) is 5.05. The van der Waals surface area contributed by atoms with Crippen LogP contribution in [0, 0.1) is 0 Å². The van der Waals surface area contributed by atoms with Gasteiger partial charge in [-0.1, -0.05) is 23.2 Å². The van der Waals surface area contributed by atoms with Gasteiger partial charge in [0.15, 0.2) is 5.75 Å². The minimum Gasteiger partial charge on any atom is -0.437 e. The standard InChI is InChI=1S/C15H14Cl2N2O5/c1-7(2)12-13(20)19(14(21)18(12)3)10-6-11(24-15(22)23-4)9(17)5-8(10)16/h5-6H,1-4H3. The number of halogens is 2. The van der Waals surface area contributed by atoms with Crippen molar-refractivity contribution in [1.82, 2.24) is 4.90 Å². The Labute approximate surface area is 148 Å². The van der Waals surface area contributed by atoms with Crippen LogP contribution in [0.2, 0.25) is 10.0 Å². The highest BCUT2D eigenvalue weighted by Gasteiger charge is 2.41. The summed E-state index contributed by atoms with van der Waals surface area (Å²) in [6, 6.07) is 1.93. The highest BCUT2D eigenvalue weighted by atomic mass is 35.5. The normalized spacial score (nSPS) is 14.3. The van der Waals surface area contributed by atoms with Gasteiger partial charge in [0.1, 0.15) is 5.70 Å². The number of anilines is 1. The molecule has 1 aliphatic rings. The van der Waals surface area contributed by atoms with Crippen LogP contribution in [0.15, 0.2) is 23.4 Å². The largest absolute Gasteiger partial charge is 0.513 e. The molecule has 9 heteroatoms. The number of allylic oxidation sites excluding steroid dienone is 1. The van der Waals surface area contributed by atoms with E-state index in [1.165, 1.54) is 24.1 Å². The van der Waals surface area contributed by atoms with Gasteiger partial charge in [0.2, 0.25) is 0 Å². The zero-order valence-corrected chi connectivity index (χ0v) is 14.9. The Morgan fingerprint density at radius 1 is 1.12 bits per heavy atom. The highest BCUT2D eigenvalue weighted by molar-refractivity contribution is 6.39. The average Bonchev–Trinajstić information content (AvgIpc) is 2.72. The van der Waals surface area contributed by atoms with Crippen LogP contribution in [0.1, 0.15) is 13.8 Å². The van der Waals surface area contributed by atoms with Gasteiger partial charge in [0.25, 0.3) is 5.91 Å². The maximum Gasteiger partial charge on any atom is 0.513 e. The molecule has 0 spiro atoms. The zero-order chi connectivity index (χ0) is 18.2. The van der Waals surface area contributed by atoms with Gasteiger partial charge in [-0.25, -0.2) is 14.5 Å². The third-order valence-corrected chi connectivity index (χ3v) is 3.89. The molecule has 24 heavy (non-hydrogen) atoms. The predicted octanol–water partition coefficient (Wildman–Crippen LogP) is 3.83. The van der Waals surface area contributed by atoms with E-state index in [0.29, 0.717) is 5.57 Å². The van der Waals surface area contributed by atoms with Crippen molar-refractivity contribution in [2.75, 3.05) is 19.1 Å². The van der Waals surface area contributed by atoms with Gasteiger partial charge in [-0.3, -0.25) is 9.69 Å². The smallest absolute Gasteiger partial charge is 0.437 e. The topological polar surface area (TPSA) is 76.2 Å². The molecule has 0 N–H and O–H groups in total. The summed E-state index contributed by atoms with van der Waals surface area (Å²) in [5, 5.41) is 0.0892. The molecule has 0 aromatic heterocycles. The predicted molar refractivity (Wildman–Crippen MR) is 88.5 cm³/mol. The van der Waals surface area contributed by atoms with Crippen LogP contribution in [0.3, 0.4) is 0 Å². The molecule has 0 atom stereocenters. The maximum atomic E-state index is 12.6. The zero-order valence-electron chi connectivity index (χ0n) is 13.3. The molecule has 7 nitrogen and oxygen atoms in total. The first-order valence-corrected chi connectivity index (χ1v) is 7.49. The summed E-state index contributed by atoms with van der Waals surface area (Å²) in [6.45, 7) is 3.44. The van der Waals surface area contributed by atoms with E-state index in [1.54, 1.807) is 13.8 Å². The number of carbonyl (C=O) groups excluding carboxylic acids is 3. The average molecular weight is 373 g/mol. The van der Waals surface area contributed by atoms with Crippen LogP contribution in [0.5, 0.6) is 5.75 Å². The van der Waals surface area contributed by atoms with Gasteiger partial charge in [-0.15, -0.1) is 0 Å².